The molecule has 4 saturated carbocycles. The Labute approximate surface area is 174 Å². The van der Waals surface area contributed by atoms with Crippen LogP contribution in [-0.4, -0.2) is 36.0 Å². The van der Waals surface area contributed by atoms with Gasteiger partial charge in [0, 0.05) is 11.0 Å². The SMILES string of the molecule is COc1ccc(-c2nnc(SCC(=O)C34CC5CC(CC(C5)C3)C4)o2)cc1OC. The average molecular weight is 415 g/mol. The number of ketones is 1. The van der Waals surface area contributed by atoms with Gasteiger partial charge in [-0.25, -0.2) is 0 Å². The quantitative estimate of drug-likeness (QED) is 0.611. The molecule has 0 radical (unpaired) electrons. The second-order valence-electron chi connectivity index (χ2n) is 8.85. The maximum Gasteiger partial charge on any atom is 0.277 e. The lowest BCUT2D eigenvalue weighted by Gasteiger charge is -2.55. The first-order chi connectivity index (χ1) is 14.1. The summed E-state index contributed by atoms with van der Waals surface area (Å²) in [5.41, 5.74) is 0.683. The minimum atomic E-state index is -0.0754. The fourth-order valence-electron chi connectivity index (χ4n) is 6.09. The second kappa shape index (κ2) is 7.35. The minimum Gasteiger partial charge on any atom is -0.493 e. The number of carbonyl (C=O) groups excluding carboxylic acids is 1. The smallest absolute Gasteiger partial charge is 0.277 e. The summed E-state index contributed by atoms with van der Waals surface area (Å²) in [5, 5.41) is 8.71. The van der Waals surface area contributed by atoms with Crippen LogP contribution < -0.4 is 9.47 Å². The number of rotatable bonds is 7. The van der Waals surface area contributed by atoms with Crippen molar-refractivity contribution in [1.29, 1.82) is 0 Å². The summed E-state index contributed by atoms with van der Waals surface area (Å²) in [6.07, 6.45) is 7.32. The van der Waals surface area contributed by atoms with E-state index in [1.807, 2.05) is 12.1 Å². The van der Waals surface area contributed by atoms with Crippen LogP contribution in [0.25, 0.3) is 11.5 Å². The van der Waals surface area contributed by atoms with Crippen LogP contribution in [0.5, 0.6) is 11.5 Å². The first-order valence-electron chi connectivity index (χ1n) is 10.3. The van der Waals surface area contributed by atoms with Crippen molar-refractivity contribution in [3.8, 4) is 23.0 Å². The van der Waals surface area contributed by atoms with E-state index in [4.69, 9.17) is 13.9 Å². The van der Waals surface area contributed by atoms with Crippen molar-refractivity contribution in [3.05, 3.63) is 18.2 Å². The zero-order valence-corrected chi connectivity index (χ0v) is 17.7. The Morgan fingerprint density at radius 3 is 2.34 bits per heavy atom. The average Bonchev–Trinajstić information content (AvgIpc) is 3.19. The summed E-state index contributed by atoms with van der Waals surface area (Å²) in [6.45, 7) is 0. The Balaban J connectivity index is 1.26. The zero-order valence-electron chi connectivity index (χ0n) is 16.8. The highest BCUT2D eigenvalue weighted by molar-refractivity contribution is 7.99. The molecule has 0 aliphatic heterocycles. The number of hydrogen-bond donors (Lipinski definition) is 0. The summed E-state index contributed by atoms with van der Waals surface area (Å²) in [5.74, 6) is 4.78. The molecule has 0 amide bonds. The number of ether oxygens (including phenoxy) is 2. The summed E-state index contributed by atoms with van der Waals surface area (Å²) in [7, 11) is 3.19. The molecule has 0 N–H and O–H groups in total. The predicted molar refractivity (Wildman–Crippen MR) is 109 cm³/mol. The van der Waals surface area contributed by atoms with E-state index in [0.29, 0.717) is 34.1 Å². The van der Waals surface area contributed by atoms with Gasteiger partial charge in [0.25, 0.3) is 5.22 Å². The number of thioether (sulfide) groups is 1. The normalized spacial score (nSPS) is 29.8. The molecule has 6 nitrogen and oxygen atoms in total. The van der Waals surface area contributed by atoms with Crippen molar-refractivity contribution in [2.45, 2.75) is 43.7 Å². The van der Waals surface area contributed by atoms with Gasteiger partial charge in [-0.1, -0.05) is 11.8 Å². The van der Waals surface area contributed by atoms with E-state index in [2.05, 4.69) is 10.2 Å². The van der Waals surface area contributed by atoms with E-state index < -0.39 is 0 Å². The first kappa shape index (κ1) is 19.0. The predicted octanol–water partition coefficient (Wildman–Crippen LogP) is 4.63. The molecule has 2 aromatic rings. The van der Waals surface area contributed by atoms with Crippen LogP contribution in [0.2, 0.25) is 0 Å². The van der Waals surface area contributed by atoms with Gasteiger partial charge in [-0.2, -0.15) is 0 Å². The van der Waals surface area contributed by atoms with Gasteiger partial charge in [-0.3, -0.25) is 4.79 Å². The molecule has 1 aromatic carbocycles. The minimum absolute atomic E-state index is 0.0754. The summed E-state index contributed by atoms with van der Waals surface area (Å²) < 4.78 is 16.4. The molecule has 6 rings (SSSR count). The van der Waals surface area contributed by atoms with Crippen LogP contribution in [0, 0.1) is 23.2 Å². The van der Waals surface area contributed by atoms with E-state index in [-0.39, 0.29) is 5.41 Å². The molecular formula is C22H26N2O4S. The lowest BCUT2D eigenvalue weighted by molar-refractivity contribution is -0.141. The molecule has 7 heteroatoms. The summed E-state index contributed by atoms with van der Waals surface area (Å²) in [4.78, 5) is 13.2. The van der Waals surface area contributed by atoms with Gasteiger partial charge in [0.2, 0.25) is 5.89 Å². The standard InChI is InChI=1S/C22H26N2O4S/c1-26-17-4-3-16(8-18(17)27-2)20-23-24-21(28-20)29-12-19(25)22-9-13-5-14(10-22)7-15(6-13)11-22/h3-4,8,13-15H,5-7,9-12H2,1-2H3. The number of hydrogen-bond acceptors (Lipinski definition) is 7. The summed E-state index contributed by atoms with van der Waals surface area (Å²) in [6, 6.07) is 5.47. The van der Waals surface area contributed by atoms with Crippen LogP contribution in [0.1, 0.15) is 38.5 Å². The Morgan fingerprint density at radius 2 is 1.72 bits per heavy atom. The van der Waals surface area contributed by atoms with Gasteiger partial charge in [0.15, 0.2) is 11.5 Å². The van der Waals surface area contributed by atoms with Gasteiger partial charge in [-0.15, -0.1) is 10.2 Å². The van der Waals surface area contributed by atoms with Crippen molar-refractivity contribution in [2.75, 3.05) is 20.0 Å². The molecule has 29 heavy (non-hydrogen) atoms. The van der Waals surface area contributed by atoms with Crippen molar-refractivity contribution in [3.63, 3.8) is 0 Å². The third-order valence-corrected chi connectivity index (χ3v) is 7.81. The fraction of sp³-hybridized carbons (Fsp3) is 0.591. The molecule has 1 aromatic heterocycles. The van der Waals surface area contributed by atoms with Gasteiger partial charge < -0.3 is 13.9 Å². The molecule has 4 fully saturated rings. The van der Waals surface area contributed by atoms with Crippen LogP contribution >= 0.6 is 11.8 Å². The van der Waals surface area contributed by atoms with Crippen molar-refractivity contribution in [2.24, 2.45) is 23.2 Å². The number of methoxy groups -OCH3 is 2. The molecule has 4 aliphatic carbocycles. The highest BCUT2D eigenvalue weighted by Gasteiger charge is 2.54. The van der Waals surface area contributed by atoms with Gasteiger partial charge in [-0.05, 0) is 74.5 Å². The van der Waals surface area contributed by atoms with E-state index >= 15 is 0 Å². The first-order valence-corrected chi connectivity index (χ1v) is 11.3. The van der Waals surface area contributed by atoms with Crippen molar-refractivity contribution in [1.82, 2.24) is 10.2 Å². The molecule has 0 atom stereocenters. The molecule has 0 unspecified atom stereocenters. The monoisotopic (exact) mass is 414 g/mol. The number of aromatic nitrogens is 2. The van der Waals surface area contributed by atoms with E-state index in [1.165, 1.54) is 31.0 Å². The van der Waals surface area contributed by atoms with Gasteiger partial charge in [0.05, 0.1) is 20.0 Å². The lowest BCUT2D eigenvalue weighted by Crippen LogP contribution is -2.50. The van der Waals surface area contributed by atoms with Crippen LogP contribution in [0.15, 0.2) is 27.8 Å². The maximum absolute atomic E-state index is 13.2. The maximum atomic E-state index is 13.2. The number of benzene rings is 1. The highest BCUT2D eigenvalue weighted by atomic mass is 32.2. The van der Waals surface area contributed by atoms with E-state index in [0.717, 1.165) is 42.6 Å². The molecule has 1 heterocycles. The third kappa shape index (κ3) is 3.43. The van der Waals surface area contributed by atoms with E-state index in [1.54, 1.807) is 20.3 Å². The molecule has 154 valence electrons. The molecule has 4 bridgehead atoms. The fourth-order valence-corrected chi connectivity index (χ4v) is 6.88. The highest BCUT2D eigenvalue weighted by Crippen LogP contribution is 2.60. The van der Waals surface area contributed by atoms with E-state index in [9.17, 15) is 4.79 Å². The third-order valence-electron chi connectivity index (χ3n) is 6.99. The summed E-state index contributed by atoms with van der Waals surface area (Å²) >= 11 is 1.36. The van der Waals surface area contributed by atoms with Gasteiger partial charge >= 0.3 is 0 Å². The Kier molecular flexibility index (Phi) is 4.81. The molecule has 0 saturated heterocycles. The van der Waals surface area contributed by atoms with Crippen LogP contribution in [0.3, 0.4) is 0 Å². The zero-order chi connectivity index (χ0) is 20.0. The van der Waals surface area contributed by atoms with Crippen LogP contribution in [-0.2, 0) is 4.79 Å². The lowest BCUT2D eigenvalue weighted by atomic mass is 9.48. The topological polar surface area (TPSA) is 74.5 Å². The largest absolute Gasteiger partial charge is 0.493 e. The number of nitrogens with zero attached hydrogens (tertiary/aromatic N) is 2. The molecular weight excluding hydrogens is 388 g/mol. The Bertz CT molecular complexity index is 890. The van der Waals surface area contributed by atoms with Gasteiger partial charge in [0.1, 0.15) is 5.78 Å². The number of Topliss-reactive ketones (excluding diaryl/α,β-unsaturated/α-hetero) is 1. The Hall–Kier alpha value is -2.02. The van der Waals surface area contributed by atoms with Crippen molar-refractivity contribution < 1.29 is 18.7 Å². The molecule has 0 spiro atoms. The second-order valence-corrected chi connectivity index (χ2v) is 9.78. The number of carbonyl (C=O) groups is 1. The molecule has 4 aliphatic rings. The van der Waals surface area contributed by atoms with Crippen LogP contribution in [0.4, 0.5) is 0 Å². The van der Waals surface area contributed by atoms with Crippen molar-refractivity contribution >= 4 is 17.5 Å². The Morgan fingerprint density at radius 1 is 1.07 bits per heavy atom.